The molecule has 11 nitrogen and oxygen atoms in total. The Kier molecular flexibility index (Phi) is 7.16. The van der Waals surface area contributed by atoms with Gasteiger partial charge in [0, 0.05) is 0 Å². The van der Waals surface area contributed by atoms with Gasteiger partial charge in [-0.3, -0.25) is 5.32 Å². The molecule has 2 rings (SSSR count). The number of rotatable bonds is 8. The average Bonchev–Trinajstić information content (AvgIpc) is 2.59. The van der Waals surface area contributed by atoms with E-state index in [-0.39, 0.29) is 5.56 Å². The Hall–Kier alpha value is -3.69. The van der Waals surface area contributed by atoms with Gasteiger partial charge in [-0.05, 0) is 18.6 Å². The molecule has 16 heteroatoms. The first-order valence-corrected chi connectivity index (χ1v) is 9.32. The second-order valence-electron chi connectivity index (χ2n) is 5.44. The predicted octanol–water partition coefficient (Wildman–Crippen LogP) is 2.20. The van der Waals surface area contributed by atoms with Crippen molar-refractivity contribution in [3.63, 3.8) is 0 Å². The molecule has 0 radical (unpaired) electrons. The van der Waals surface area contributed by atoms with Crippen molar-refractivity contribution in [2.45, 2.75) is 25.0 Å². The highest BCUT2D eigenvalue weighted by atomic mass is 32.2. The van der Waals surface area contributed by atoms with Crippen LogP contribution in [-0.4, -0.2) is 48.7 Å². The molecule has 1 aromatic heterocycles. The maximum absolute atomic E-state index is 12.4. The lowest BCUT2D eigenvalue weighted by molar-refractivity contribution is -0.0579. The number of carbonyl (C=O) groups excluding carboxylic acids is 1. The third-order valence-electron chi connectivity index (χ3n) is 3.29. The molecule has 2 amide bonds. The lowest BCUT2D eigenvalue weighted by Gasteiger charge is -2.12. The van der Waals surface area contributed by atoms with Crippen molar-refractivity contribution in [1.29, 1.82) is 0 Å². The van der Waals surface area contributed by atoms with E-state index in [2.05, 4.69) is 19.4 Å². The smallest absolute Gasteiger partial charge is 0.388 e. The molecule has 0 atom stereocenters. The fraction of sp³-hybridized carbons (Fsp3) is 0.200. The third kappa shape index (κ3) is 6.39. The molecule has 0 saturated carbocycles. The SMILES string of the molecule is Cc1cccc(S(=O)(=O)NC(=O)Nc2nc(OC(F)F)cc(OC(F)F)n2)c1C(=O)O. The van der Waals surface area contributed by atoms with E-state index in [9.17, 15) is 40.7 Å². The molecule has 0 aliphatic rings. The van der Waals surface area contributed by atoms with E-state index >= 15 is 0 Å². The highest BCUT2D eigenvalue weighted by Gasteiger charge is 2.26. The number of ether oxygens (including phenoxy) is 2. The average molecular weight is 468 g/mol. The number of benzene rings is 1. The Bertz CT molecular complexity index is 1070. The van der Waals surface area contributed by atoms with Gasteiger partial charge < -0.3 is 14.6 Å². The number of carboxylic acids is 1. The van der Waals surface area contributed by atoms with Crippen molar-refractivity contribution in [1.82, 2.24) is 14.7 Å². The number of hydrogen-bond acceptors (Lipinski definition) is 8. The summed E-state index contributed by atoms with van der Waals surface area (Å²) in [5.74, 6) is -4.44. The van der Waals surface area contributed by atoms with Crippen LogP contribution in [0.2, 0.25) is 0 Å². The number of aryl methyl sites for hydroxylation is 1. The van der Waals surface area contributed by atoms with Crippen molar-refractivity contribution in [2.24, 2.45) is 0 Å². The van der Waals surface area contributed by atoms with Crippen molar-refractivity contribution in [2.75, 3.05) is 5.32 Å². The highest BCUT2D eigenvalue weighted by Crippen LogP contribution is 2.22. The fourth-order valence-electron chi connectivity index (χ4n) is 2.21. The van der Waals surface area contributed by atoms with Crippen LogP contribution in [0.15, 0.2) is 29.2 Å². The summed E-state index contributed by atoms with van der Waals surface area (Å²) in [5.41, 5.74) is -0.510. The van der Waals surface area contributed by atoms with Crippen LogP contribution in [0.1, 0.15) is 15.9 Å². The number of aromatic nitrogens is 2. The molecule has 1 aromatic carbocycles. The van der Waals surface area contributed by atoms with E-state index < -0.39 is 63.4 Å². The Labute approximate surface area is 171 Å². The maximum atomic E-state index is 12.4. The summed E-state index contributed by atoms with van der Waals surface area (Å²) in [5, 5.41) is 10.9. The first kappa shape index (κ1) is 23.6. The number of urea groups is 1. The first-order chi connectivity index (χ1) is 14.4. The van der Waals surface area contributed by atoms with E-state index in [1.54, 1.807) is 5.32 Å². The van der Waals surface area contributed by atoms with Crippen LogP contribution in [0.4, 0.5) is 28.3 Å². The zero-order valence-corrected chi connectivity index (χ0v) is 16.0. The van der Waals surface area contributed by atoms with E-state index in [4.69, 9.17) is 0 Å². The molecule has 0 aliphatic heterocycles. The topological polar surface area (TPSA) is 157 Å². The van der Waals surface area contributed by atoms with Crippen molar-refractivity contribution < 1.29 is 50.1 Å². The van der Waals surface area contributed by atoms with Gasteiger partial charge in [0.2, 0.25) is 17.7 Å². The Morgan fingerprint density at radius 3 is 2.10 bits per heavy atom. The second kappa shape index (κ2) is 9.41. The molecule has 1 heterocycles. The molecule has 0 unspecified atom stereocenters. The second-order valence-corrected chi connectivity index (χ2v) is 7.09. The van der Waals surface area contributed by atoms with Crippen molar-refractivity contribution in [3.05, 3.63) is 35.4 Å². The van der Waals surface area contributed by atoms with Crippen LogP contribution in [0, 0.1) is 6.92 Å². The molecule has 168 valence electrons. The van der Waals surface area contributed by atoms with Gasteiger partial charge in [0.05, 0.1) is 11.6 Å². The number of alkyl halides is 4. The Morgan fingerprint density at radius 2 is 1.61 bits per heavy atom. The maximum Gasteiger partial charge on any atom is 0.388 e. The molecule has 0 saturated heterocycles. The molecule has 0 spiro atoms. The van der Waals surface area contributed by atoms with Gasteiger partial charge in [-0.25, -0.2) is 22.7 Å². The van der Waals surface area contributed by atoms with Crippen LogP contribution in [0.3, 0.4) is 0 Å². The van der Waals surface area contributed by atoms with E-state index in [0.29, 0.717) is 6.07 Å². The standard InChI is InChI=1S/C15H12F4N4O7S/c1-6-3-2-4-7(10(6)11(24)25)31(27,28)23-15(26)22-14-20-8(29-12(16)17)5-9(21-14)30-13(18)19/h2-5,12-13H,1H3,(H,24,25)(H2,20,21,22,23,26). The first-order valence-electron chi connectivity index (χ1n) is 7.84. The quantitative estimate of drug-likeness (QED) is 0.494. The number of amides is 2. The van der Waals surface area contributed by atoms with Gasteiger partial charge in [0.25, 0.3) is 10.0 Å². The van der Waals surface area contributed by atoms with E-state index in [1.807, 2.05) is 0 Å². The number of aromatic carboxylic acids is 1. The summed E-state index contributed by atoms with van der Waals surface area (Å²) in [6.07, 6.45) is 0. The summed E-state index contributed by atoms with van der Waals surface area (Å²) < 4.78 is 83.6. The predicted molar refractivity (Wildman–Crippen MR) is 92.8 cm³/mol. The normalized spacial score (nSPS) is 11.3. The summed E-state index contributed by atoms with van der Waals surface area (Å²) >= 11 is 0. The summed E-state index contributed by atoms with van der Waals surface area (Å²) in [7, 11) is -4.74. The molecular formula is C15H12F4N4O7S. The number of anilines is 1. The summed E-state index contributed by atoms with van der Waals surface area (Å²) in [6, 6.07) is 2.40. The Balaban J connectivity index is 2.29. The minimum atomic E-state index is -4.74. The molecule has 0 aliphatic carbocycles. The minimum Gasteiger partial charge on any atom is -0.478 e. The number of carbonyl (C=O) groups is 2. The summed E-state index contributed by atoms with van der Waals surface area (Å²) in [6.45, 7) is -5.49. The van der Waals surface area contributed by atoms with Crippen molar-refractivity contribution >= 4 is 28.0 Å². The number of hydrogen-bond donors (Lipinski definition) is 3. The Morgan fingerprint density at radius 1 is 1.06 bits per heavy atom. The molecule has 0 bridgehead atoms. The van der Waals surface area contributed by atoms with E-state index in [1.165, 1.54) is 23.8 Å². The number of carboxylic acid groups (broad SMARTS) is 1. The lowest BCUT2D eigenvalue weighted by atomic mass is 10.1. The molecule has 2 aromatic rings. The minimum absolute atomic E-state index is 0.0877. The van der Waals surface area contributed by atoms with E-state index in [0.717, 1.165) is 6.07 Å². The lowest BCUT2D eigenvalue weighted by Crippen LogP contribution is -2.35. The molecular weight excluding hydrogens is 456 g/mol. The van der Waals surface area contributed by atoms with Gasteiger partial charge in [-0.1, -0.05) is 12.1 Å². The largest absolute Gasteiger partial charge is 0.478 e. The highest BCUT2D eigenvalue weighted by molar-refractivity contribution is 7.90. The number of sulfonamides is 1. The van der Waals surface area contributed by atoms with Crippen LogP contribution < -0.4 is 19.5 Å². The zero-order valence-electron chi connectivity index (χ0n) is 15.2. The number of nitrogens with zero attached hydrogens (tertiary/aromatic N) is 2. The number of halogens is 4. The molecule has 31 heavy (non-hydrogen) atoms. The molecule has 3 N–H and O–H groups in total. The van der Waals surface area contributed by atoms with Gasteiger partial charge >= 0.3 is 25.2 Å². The van der Waals surface area contributed by atoms with Crippen molar-refractivity contribution in [3.8, 4) is 11.8 Å². The zero-order chi connectivity index (χ0) is 23.3. The van der Waals surface area contributed by atoms with Gasteiger partial charge in [-0.2, -0.15) is 27.5 Å². The van der Waals surface area contributed by atoms with Crippen LogP contribution in [0.5, 0.6) is 11.8 Å². The fourth-order valence-corrected chi connectivity index (χ4v) is 3.39. The third-order valence-corrected chi connectivity index (χ3v) is 4.66. The van der Waals surface area contributed by atoms with Gasteiger partial charge in [0.15, 0.2) is 0 Å². The van der Waals surface area contributed by atoms with Crippen LogP contribution in [0.25, 0.3) is 0 Å². The van der Waals surface area contributed by atoms with Crippen LogP contribution in [-0.2, 0) is 10.0 Å². The molecule has 0 fully saturated rings. The number of nitrogens with one attached hydrogen (secondary N) is 2. The van der Waals surface area contributed by atoms with Crippen LogP contribution >= 0.6 is 0 Å². The van der Waals surface area contributed by atoms with Gasteiger partial charge in [-0.15, -0.1) is 0 Å². The summed E-state index contributed by atoms with van der Waals surface area (Å²) in [4.78, 5) is 29.2. The monoisotopic (exact) mass is 468 g/mol. The van der Waals surface area contributed by atoms with Gasteiger partial charge in [0.1, 0.15) is 4.90 Å².